The third-order valence-corrected chi connectivity index (χ3v) is 4.47. The molecule has 1 unspecified atom stereocenters. The summed E-state index contributed by atoms with van der Waals surface area (Å²) in [7, 11) is 0. The maximum Gasteiger partial charge on any atom is 0.273 e. The molecular weight excluding hydrogens is 270 g/mol. The van der Waals surface area contributed by atoms with Crippen molar-refractivity contribution in [3.63, 3.8) is 0 Å². The van der Waals surface area contributed by atoms with Crippen LogP contribution in [0, 0.1) is 11.8 Å². The van der Waals surface area contributed by atoms with Crippen LogP contribution in [0.4, 0.5) is 0 Å². The van der Waals surface area contributed by atoms with E-state index in [2.05, 4.69) is 19.9 Å². The van der Waals surface area contributed by atoms with Crippen LogP contribution in [0.1, 0.15) is 29.8 Å². The Labute approximate surface area is 124 Å². The van der Waals surface area contributed by atoms with E-state index in [1.807, 2.05) is 0 Å². The van der Waals surface area contributed by atoms with E-state index in [1.54, 1.807) is 6.07 Å². The summed E-state index contributed by atoms with van der Waals surface area (Å²) >= 11 is 0. The Bertz CT molecular complexity index is 435. The first-order valence-corrected chi connectivity index (χ1v) is 7.80. The number of amides is 1. The Hall–Kier alpha value is -1.40. The van der Waals surface area contributed by atoms with E-state index in [-0.39, 0.29) is 5.91 Å². The molecule has 2 fully saturated rings. The molecule has 1 N–H and O–H groups in total. The molecule has 1 aromatic heterocycles. The minimum Gasteiger partial charge on any atom is -0.381 e. The van der Waals surface area contributed by atoms with Gasteiger partial charge in [-0.25, -0.2) is 0 Å². The van der Waals surface area contributed by atoms with Crippen LogP contribution < -0.4 is 5.32 Å². The zero-order chi connectivity index (χ0) is 14.5. The fourth-order valence-electron chi connectivity index (χ4n) is 3.12. The SMILES string of the molecule is O=C(NCC1CCN(CC2CCOC2)CC1)c1ccon1. The number of piperidine rings is 1. The van der Waals surface area contributed by atoms with Crippen molar-refractivity contribution >= 4 is 5.91 Å². The van der Waals surface area contributed by atoms with E-state index in [0.29, 0.717) is 17.5 Å². The summed E-state index contributed by atoms with van der Waals surface area (Å²) in [4.78, 5) is 14.3. The number of rotatable bonds is 5. The van der Waals surface area contributed by atoms with Crippen molar-refractivity contribution in [1.29, 1.82) is 0 Å². The highest BCUT2D eigenvalue weighted by atomic mass is 16.5. The minimum atomic E-state index is -0.144. The van der Waals surface area contributed by atoms with Crippen LogP contribution >= 0.6 is 0 Å². The Morgan fingerprint density at radius 1 is 1.33 bits per heavy atom. The van der Waals surface area contributed by atoms with Gasteiger partial charge in [-0.2, -0.15) is 0 Å². The number of hydrogen-bond acceptors (Lipinski definition) is 5. The summed E-state index contributed by atoms with van der Waals surface area (Å²) in [6, 6.07) is 1.58. The maximum atomic E-state index is 11.8. The van der Waals surface area contributed by atoms with Gasteiger partial charge in [0.15, 0.2) is 5.69 Å². The first-order chi connectivity index (χ1) is 10.3. The number of carbonyl (C=O) groups excluding carboxylic acids is 1. The first-order valence-electron chi connectivity index (χ1n) is 7.80. The number of aromatic nitrogens is 1. The summed E-state index contributed by atoms with van der Waals surface area (Å²) in [5, 5.41) is 6.58. The van der Waals surface area contributed by atoms with Crippen molar-refractivity contribution in [1.82, 2.24) is 15.4 Å². The molecule has 2 aliphatic heterocycles. The zero-order valence-electron chi connectivity index (χ0n) is 12.3. The quantitative estimate of drug-likeness (QED) is 0.882. The average Bonchev–Trinajstić information content (AvgIpc) is 3.19. The van der Waals surface area contributed by atoms with Gasteiger partial charge in [0.25, 0.3) is 5.91 Å². The van der Waals surface area contributed by atoms with E-state index in [1.165, 1.54) is 12.7 Å². The lowest BCUT2D eigenvalue weighted by Gasteiger charge is -2.33. The van der Waals surface area contributed by atoms with Crippen LogP contribution in [0.25, 0.3) is 0 Å². The number of nitrogens with zero attached hydrogens (tertiary/aromatic N) is 2. The minimum absolute atomic E-state index is 0.144. The number of nitrogens with one attached hydrogen (secondary N) is 1. The molecule has 1 aromatic rings. The predicted molar refractivity (Wildman–Crippen MR) is 76.9 cm³/mol. The molecule has 6 nitrogen and oxygen atoms in total. The number of likely N-dealkylation sites (tertiary alicyclic amines) is 1. The van der Waals surface area contributed by atoms with Gasteiger partial charge in [0.05, 0.1) is 6.61 Å². The highest BCUT2D eigenvalue weighted by molar-refractivity contribution is 5.91. The molecule has 0 spiro atoms. The highest BCUT2D eigenvalue weighted by Crippen LogP contribution is 2.20. The van der Waals surface area contributed by atoms with Gasteiger partial charge in [0.1, 0.15) is 6.26 Å². The van der Waals surface area contributed by atoms with Crippen LogP contribution in [-0.2, 0) is 4.74 Å². The number of ether oxygens (including phenoxy) is 1. The lowest BCUT2D eigenvalue weighted by Crippen LogP contribution is -2.40. The Morgan fingerprint density at radius 3 is 2.86 bits per heavy atom. The molecule has 0 bridgehead atoms. The molecule has 6 heteroatoms. The summed E-state index contributed by atoms with van der Waals surface area (Å²) in [5.41, 5.74) is 0.355. The fourth-order valence-corrected chi connectivity index (χ4v) is 3.12. The molecule has 1 amide bonds. The van der Waals surface area contributed by atoms with Gasteiger partial charge in [-0.1, -0.05) is 5.16 Å². The molecule has 0 aliphatic carbocycles. The Morgan fingerprint density at radius 2 is 2.19 bits per heavy atom. The molecular formula is C15H23N3O3. The van der Waals surface area contributed by atoms with Crippen molar-refractivity contribution in [3.8, 4) is 0 Å². The van der Waals surface area contributed by atoms with Crippen molar-refractivity contribution in [2.45, 2.75) is 19.3 Å². The van der Waals surface area contributed by atoms with Gasteiger partial charge in [-0.05, 0) is 44.2 Å². The summed E-state index contributed by atoms with van der Waals surface area (Å²) < 4.78 is 10.1. The third kappa shape index (κ3) is 4.04. The van der Waals surface area contributed by atoms with E-state index < -0.39 is 0 Å². The lowest BCUT2D eigenvalue weighted by atomic mass is 9.95. The van der Waals surface area contributed by atoms with Crippen LogP contribution in [0.5, 0.6) is 0 Å². The molecule has 3 heterocycles. The van der Waals surface area contributed by atoms with E-state index in [4.69, 9.17) is 4.74 Å². The van der Waals surface area contributed by atoms with Crippen molar-refractivity contribution in [2.75, 3.05) is 39.4 Å². The normalized spacial score (nSPS) is 24.3. The molecule has 0 radical (unpaired) electrons. The third-order valence-electron chi connectivity index (χ3n) is 4.47. The smallest absolute Gasteiger partial charge is 0.273 e. The van der Waals surface area contributed by atoms with Gasteiger partial charge in [0, 0.05) is 25.8 Å². The van der Waals surface area contributed by atoms with Gasteiger partial charge in [-0.3, -0.25) is 4.79 Å². The Balaban J connectivity index is 1.34. The van der Waals surface area contributed by atoms with Gasteiger partial charge in [-0.15, -0.1) is 0 Å². The van der Waals surface area contributed by atoms with E-state index >= 15 is 0 Å². The van der Waals surface area contributed by atoms with E-state index in [9.17, 15) is 4.79 Å². The second-order valence-electron chi connectivity index (χ2n) is 6.07. The van der Waals surface area contributed by atoms with Crippen molar-refractivity contribution in [3.05, 3.63) is 18.0 Å². The zero-order valence-corrected chi connectivity index (χ0v) is 12.3. The second kappa shape index (κ2) is 7.04. The molecule has 116 valence electrons. The van der Waals surface area contributed by atoms with Crippen molar-refractivity contribution < 1.29 is 14.1 Å². The summed E-state index contributed by atoms with van der Waals surface area (Å²) in [6.45, 7) is 6.00. The van der Waals surface area contributed by atoms with Crippen LogP contribution in [0.3, 0.4) is 0 Å². The monoisotopic (exact) mass is 293 g/mol. The largest absolute Gasteiger partial charge is 0.381 e. The molecule has 0 aromatic carbocycles. The topological polar surface area (TPSA) is 67.6 Å². The number of carbonyl (C=O) groups is 1. The second-order valence-corrected chi connectivity index (χ2v) is 6.07. The standard InChI is InChI=1S/C15H23N3O3/c19-15(14-4-8-21-17-14)16-9-12-1-5-18(6-2-12)10-13-3-7-20-11-13/h4,8,12-13H,1-3,5-7,9-11H2,(H,16,19). The predicted octanol–water partition coefficient (Wildman–Crippen LogP) is 1.15. The molecule has 3 rings (SSSR count). The molecule has 1 atom stereocenters. The van der Waals surface area contributed by atoms with Crippen LogP contribution in [0.15, 0.2) is 16.9 Å². The van der Waals surface area contributed by atoms with Crippen LogP contribution in [-0.4, -0.2) is 55.4 Å². The molecule has 0 saturated carbocycles. The fraction of sp³-hybridized carbons (Fsp3) is 0.733. The van der Waals surface area contributed by atoms with Gasteiger partial charge >= 0.3 is 0 Å². The lowest BCUT2D eigenvalue weighted by molar-refractivity contribution is 0.0922. The van der Waals surface area contributed by atoms with Gasteiger partial charge < -0.3 is 19.5 Å². The van der Waals surface area contributed by atoms with Crippen LogP contribution in [0.2, 0.25) is 0 Å². The molecule has 2 aliphatic rings. The maximum absolute atomic E-state index is 11.8. The molecule has 21 heavy (non-hydrogen) atoms. The summed E-state index contributed by atoms with van der Waals surface area (Å²) in [6.07, 6.45) is 4.91. The van der Waals surface area contributed by atoms with Gasteiger partial charge in [0.2, 0.25) is 0 Å². The summed E-state index contributed by atoms with van der Waals surface area (Å²) in [5.74, 6) is 1.14. The molecule has 2 saturated heterocycles. The number of hydrogen-bond donors (Lipinski definition) is 1. The Kier molecular flexibility index (Phi) is 4.87. The first kappa shape index (κ1) is 14.5. The van der Waals surface area contributed by atoms with E-state index in [0.717, 1.165) is 52.2 Å². The highest BCUT2D eigenvalue weighted by Gasteiger charge is 2.24. The van der Waals surface area contributed by atoms with Crippen molar-refractivity contribution in [2.24, 2.45) is 11.8 Å². The average molecular weight is 293 g/mol.